The van der Waals surface area contributed by atoms with Crippen molar-refractivity contribution in [3.05, 3.63) is 35.9 Å². The lowest BCUT2D eigenvalue weighted by Crippen LogP contribution is -2.32. The van der Waals surface area contributed by atoms with Gasteiger partial charge in [0.1, 0.15) is 0 Å². The first-order valence-corrected chi connectivity index (χ1v) is 8.24. The molecule has 1 N–H and O–H groups in total. The first kappa shape index (κ1) is 16.5. The average molecular weight is 291 g/mol. The van der Waals surface area contributed by atoms with Crippen molar-refractivity contribution in [2.75, 3.05) is 19.8 Å². The molecule has 1 aliphatic rings. The fraction of sp³-hybridized carbons (Fsp3) is 0.667. The Kier molecular flexibility index (Phi) is 7.20. The second-order valence-corrected chi connectivity index (χ2v) is 6.18. The van der Waals surface area contributed by atoms with Gasteiger partial charge in [-0.15, -0.1) is 0 Å². The molecule has 3 nitrogen and oxygen atoms in total. The van der Waals surface area contributed by atoms with E-state index in [2.05, 4.69) is 49.5 Å². The predicted octanol–water partition coefficient (Wildman–Crippen LogP) is 3.18. The maximum Gasteiger partial charge on any atom is 0.0813 e. The molecule has 1 fully saturated rings. The van der Waals surface area contributed by atoms with Crippen LogP contribution >= 0.6 is 0 Å². The number of aryl methyl sites for hydroxylation is 1. The molecule has 0 radical (unpaired) electrons. The van der Waals surface area contributed by atoms with Gasteiger partial charge in [-0.25, -0.2) is 0 Å². The molecule has 2 atom stereocenters. The monoisotopic (exact) mass is 291 g/mol. The molecule has 3 heteroatoms. The fourth-order valence-corrected chi connectivity index (χ4v) is 2.66. The highest BCUT2D eigenvalue weighted by molar-refractivity contribution is 5.14. The molecule has 0 aromatic heterocycles. The van der Waals surface area contributed by atoms with Crippen LogP contribution in [0.3, 0.4) is 0 Å². The summed E-state index contributed by atoms with van der Waals surface area (Å²) in [4.78, 5) is 0. The van der Waals surface area contributed by atoms with Crippen LogP contribution in [0.1, 0.15) is 38.7 Å². The molecule has 1 saturated heterocycles. The second kappa shape index (κ2) is 9.19. The molecule has 0 spiro atoms. The van der Waals surface area contributed by atoms with Gasteiger partial charge in [0.15, 0.2) is 0 Å². The van der Waals surface area contributed by atoms with E-state index >= 15 is 0 Å². The molecule has 0 saturated carbocycles. The zero-order chi connectivity index (χ0) is 14.9. The van der Waals surface area contributed by atoms with Crippen LogP contribution in [-0.2, 0) is 15.9 Å². The van der Waals surface area contributed by atoms with E-state index in [9.17, 15) is 0 Å². The Bertz CT molecular complexity index is 380. The summed E-state index contributed by atoms with van der Waals surface area (Å²) in [6, 6.07) is 11.1. The lowest BCUT2D eigenvalue weighted by molar-refractivity contribution is -0.0150. The van der Waals surface area contributed by atoms with Crippen molar-refractivity contribution in [2.24, 2.45) is 0 Å². The number of rotatable bonds is 9. The highest BCUT2D eigenvalue weighted by Crippen LogP contribution is 2.19. The summed E-state index contributed by atoms with van der Waals surface area (Å²) in [5.41, 5.74) is 1.39. The summed E-state index contributed by atoms with van der Waals surface area (Å²) in [5, 5.41) is 3.44. The molecule has 118 valence electrons. The standard InChI is InChI=1S/C18H29NO2/c1-15(2)19-13-17-10-11-18(21-17)14-20-12-6-9-16-7-4-3-5-8-16/h3-5,7-8,15,17-19H,6,9-14H2,1-2H3. The molecule has 1 aromatic rings. The SMILES string of the molecule is CC(C)NCC1CCC(COCCCc2ccccc2)O1. The van der Waals surface area contributed by atoms with E-state index in [0.29, 0.717) is 18.2 Å². The highest BCUT2D eigenvalue weighted by Gasteiger charge is 2.24. The number of hydrogen-bond donors (Lipinski definition) is 1. The lowest BCUT2D eigenvalue weighted by Gasteiger charge is -2.16. The third-order valence-electron chi connectivity index (χ3n) is 3.85. The third-order valence-corrected chi connectivity index (χ3v) is 3.85. The predicted molar refractivity (Wildman–Crippen MR) is 86.6 cm³/mol. The Morgan fingerprint density at radius 3 is 2.71 bits per heavy atom. The van der Waals surface area contributed by atoms with Gasteiger partial charge < -0.3 is 14.8 Å². The Labute approximate surface area is 129 Å². The number of ether oxygens (including phenoxy) is 2. The van der Waals surface area contributed by atoms with Crippen LogP contribution in [0.2, 0.25) is 0 Å². The number of hydrogen-bond acceptors (Lipinski definition) is 3. The largest absolute Gasteiger partial charge is 0.379 e. The minimum Gasteiger partial charge on any atom is -0.379 e. The van der Waals surface area contributed by atoms with Crippen molar-refractivity contribution in [1.29, 1.82) is 0 Å². The molecular formula is C18H29NO2. The second-order valence-electron chi connectivity index (χ2n) is 6.18. The normalized spacial score (nSPS) is 22.0. The van der Waals surface area contributed by atoms with Gasteiger partial charge in [-0.05, 0) is 31.2 Å². The smallest absolute Gasteiger partial charge is 0.0813 e. The van der Waals surface area contributed by atoms with Crippen LogP contribution in [0.15, 0.2) is 30.3 Å². The Hall–Kier alpha value is -0.900. The van der Waals surface area contributed by atoms with Crippen LogP contribution in [0, 0.1) is 0 Å². The van der Waals surface area contributed by atoms with E-state index in [4.69, 9.17) is 9.47 Å². The third kappa shape index (κ3) is 6.60. The summed E-state index contributed by atoms with van der Waals surface area (Å²) in [5.74, 6) is 0. The van der Waals surface area contributed by atoms with Gasteiger partial charge in [0, 0.05) is 19.2 Å². The molecule has 1 aromatic carbocycles. The summed E-state index contributed by atoms with van der Waals surface area (Å²) in [7, 11) is 0. The van der Waals surface area contributed by atoms with Crippen molar-refractivity contribution >= 4 is 0 Å². The summed E-state index contributed by atoms with van der Waals surface area (Å²) in [6.45, 7) is 6.86. The maximum atomic E-state index is 5.99. The van der Waals surface area contributed by atoms with E-state index in [0.717, 1.165) is 45.4 Å². The Morgan fingerprint density at radius 1 is 1.19 bits per heavy atom. The molecule has 1 heterocycles. The van der Waals surface area contributed by atoms with Crippen LogP contribution in [0.4, 0.5) is 0 Å². The van der Waals surface area contributed by atoms with E-state index in [1.165, 1.54) is 5.56 Å². The van der Waals surface area contributed by atoms with Gasteiger partial charge in [-0.2, -0.15) is 0 Å². The van der Waals surface area contributed by atoms with Crippen LogP contribution in [-0.4, -0.2) is 38.0 Å². The first-order valence-electron chi connectivity index (χ1n) is 8.24. The molecule has 0 amide bonds. The molecule has 2 rings (SSSR count). The van der Waals surface area contributed by atoms with Crippen molar-refractivity contribution in [3.63, 3.8) is 0 Å². The van der Waals surface area contributed by atoms with Gasteiger partial charge in [-0.1, -0.05) is 44.2 Å². The lowest BCUT2D eigenvalue weighted by atomic mass is 10.1. The molecule has 0 aliphatic carbocycles. The Morgan fingerprint density at radius 2 is 1.95 bits per heavy atom. The zero-order valence-electron chi connectivity index (χ0n) is 13.4. The van der Waals surface area contributed by atoms with Gasteiger partial charge in [-0.3, -0.25) is 0 Å². The summed E-state index contributed by atoms with van der Waals surface area (Å²) in [6.07, 6.45) is 5.11. The van der Waals surface area contributed by atoms with E-state index in [-0.39, 0.29) is 0 Å². The molecular weight excluding hydrogens is 262 g/mol. The van der Waals surface area contributed by atoms with E-state index in [1.54, 1.807) is 0 Å². The van der Waals surface area contributed by atoms with Gasteiger partial charge in [0.05, 0.1) is 18.8 Å². The van der Waals surface area contributed by atoms with Crippen LogP contribution < -0.4 is 5.32 Å². The van der Waals surface area contributed by atoms with E-state index < -0.39 is 0 Å². The average Bonchev–Trinajstić information content (AvgIpc) is 2.94. The zero-order valence-corrected chi connectivity index (χ0v) is 13.4. The van der Waals surface area contributed by atoms with Gasteiger partial charge in [0.25, 0.3) is 0 Å². The Balaban J connectivity index is 1.50. The summed E-state index contributed by atoms with van der Waals surface area (Å²) < 4.78 is 11.8. The minimum atomic E-state index is 0.292. The number of benzene rings is 1. The molecule has 21 heavy (non-hydrogen) atoms. The van der Waals surface area contributed by atoms with Crippen LogP contribution in [0.25, 0.3) is 0 Å². The van der Waals surface area contributed by atoms with Crippen molar-refractivity contribution < 1.29 is 9.47 Å². The summed E-state index contributed by atoms with van der Waals surface area (Å²) >= 11 is 0. The molecule has 0 bridgehead atoms. The topological polar surface area (TPSA) is 30.5 Å². The first-order chi connectivity index (χ1) is 10.2. The van der Waals surface area contributed by atoms with Crippen molar-refractivity contribution in [1.82, 2.24) is 5.32 Å². The van der Waals surface area contributed by atoms with Crippen LogP contribution in [0.5, 0.6) is 0 Å². The van der Waals surface area contributed by atoms with Gasteiger partial charge >= 0.3 is 0 Å². The quantitative estimate of drug-likeness (QED) is 0.709. The molecule has 2 unspecified atom stereocenters. The minimum absolute atomic E-state index is 0.292. The van der Waals surface area contributed by atoms with Crippen molar-refractivity contribution in [2.45, 2.75) is 57.8 Å². The van der Waals surface area contributed by atoms with E-state index in [1.807, 2.05) is 0 Å². The van der Waals surface area contributed by atoms with Crippen molar-refractivity contribution in [3.8, 4) is 0 Å². The highest BCUT2D eigenvalue weighted by atomic mass is 16.5. The number of nitrogens with one attached hydrogen (secondary N) is 1. The fourth-order valence-electron chi connectivity index (χ4n) is 2.66. The van der Waals surface area contributed by atoms with Gasteiger partial charge in [0.2, 0.25) is 0 Å². The maximum absolute atomic E-state index is 5.99. The molecule has 1 aliphatic heterocycles.